The average molecular weight is 342 g/mol. The molecule has 2 rings (SSSR count). The van der Waals surface area contributed by atoms with Crippen LogP contribution in [0.4, 0.5) is 11.5 Å². The van der Waals surface area contributed by atoms with Gasteiger partial charge in [0, 0.05) is 23.4 Å². The fourth-order valence-electron chi connectivity index (χ4n) is 1.52. The number of halogens is 1. The lowest BCUT2D eigenvalue weighted by atomic mass is 10.3. The number of nitrogens with one attached hydrogen (secondary N) is 2. The van der Waals surface area contributed by atoms with Gasteiger partial charge in [-0.25, -0.2) is 13.4 Å². The van der Waals surface area contributed by atoms with Gasteiger partial charge in [0.25, 0.3) is 10.0 Å². The summed E-state index contributed by atoms with van der Waals surface area (Å²) in [4.78, 5) is 4.09. The van der Waals surface area contributed by atoms with Gasteiger partial charge in [-0.05, 0) is 36.4 Å². The van der Waals surface area contributed by atoms with Gasteiger partial charge in [-0.1, -0.05) is 15.9 Å². The Kier molecular flexibility index (Phi) is 4.06. The molecule has 0 radical (unpaired) electrons. The number of hydrogen-bond donors (Lipinski definition) is 2. The third-order valence-corrected chi connectivity index (χ3v) is 4.34. The van der Waals surface area contributed by atoms with E-state index in [1.807, 2.05) is 0 Å². The molecule has 19 heavy (non-hydrogen) atoms. The molecule has 0 bridgehead atoms. The minimum atomic E-state index is -3.66. The molecule has 5 nitrogen and oxygen atoms in total. The van der Waals surface area contributed by atoms with Gasteiger partial charge < -0.3 is 5.32 Å². The third-order valence-electron chi connectivity index (χ3n) is 2.39. The van der Waals surface area contributed by atoms with E-state index in [0.29, 0.717) is 11.5 Å². The fraction of sp³-hybridized carbons (Fsp3) is 0.0833. The van der Waals surface area contributed by atoms with Crippen LogP contribution in [0.2, 0.25) is 0 Å². The van der Waals surface area contributed by atoms with Gasteiger partial charge in [-0.3, -0.25) is 4.72 Å². The van der Waals surface area contributed by atoms with E-state index in [2.05, 4.69) is 31.0 Å². The quantitative estimate of drug-likeness (QED) is 0.896. The van der Waals surface area contributed by atoms with Gasteiger partial charge >= 0.3 is 0 Å². The number of pyridine rings is 1. The Morgan fingerprint density at radius 3 is 2.47 bits per heavy atom. The molecule has 0 atom stereocenters. The van der Waals surface area contributed by atoms with E-state index in [9.17, 15) is 8.42 Å². The normalized spacial score (nSPS) is 11.1. The maximum absolute atomic E-state index is 12.3. The monoisotopic (exact) mass is 341 g/mol. The average Bonchev–Trinajstić information content (AvgIpc) is 2.41. The van der Waals surface area contributed by atoms with Crippen LogP contribution in [-0.2, 0) is 10.0 Å². The molecule has 0 fully saturated rings. The first kappa shape index (κ1) is 13.8. The van der Waals surface area contributed by atoms with Crippen LogP contribution in [0.15, 0.2) is 52.0 Å². The van der Waals surface area contributed by atoms with Crippen molar-refractivity contribution in [2.24, 2.45) is 0 Å². The number of sulfonamides is 1. The van der Waals surface area contributed by atoms with Gasteiger partial charge in [0.05, 0.1) is 0 Å². The Hall–Kier alpha value is -1.60. The smallest absolute Gasteiger partial charge is 0.265 e. The first-order valence-electron chi connectivity index (χ1n) is 5.44. The largest absolute Gasteiger partial charge is 0.372 e. The van der Waals surface area contributed by atoms with E-state index in [1.54, 1.807) is 37.4 Å². The molecule has 1 aromatic heterocycles. The number of anilines is 2. The van der Waals surface area contributed by atoms with E-state index in [4.69, 9.17) is 0 Å². The highest BCUT2D eigenvalue weighted by atomic mass is 79.9. The van der Waals surface area contributed by atoms with Crippen molar-refractivity contribution >= 4 is 37.5 Å². The first-order chi connectivity index (χ1) is 9.03. The SMILES string of the molecule is CNc1ncccc1S(=O)(=O)Nc1ccc(Br)cc1. The van der Waals surface area contributed by atoms with Gasteiger partial charge in [-0.15, -0.1) is 0 Å². The summed E-state index contributed by atoms with van der Waals surface area (Å²) in [5, 5.41) is 2.76. The molecular weight excluding hydrogens is 330 g/mol. The first-order valence-corrected chi connectivity index (χ1v) is 7.72. The second kappa shape index (κ2) is 5.58. The highest BCUT2D eigenvalue weighted by Crippen LogP contribution is 2.22. The van der Waals surface area contributed by atoms with Crippen LogP contribution in [0.1, 0.15) is 0 Å². The lowest BCUT2D eigenvalue weighted by Gasteiger charge is -2.11. The molecule has 0 saturated carbocycles. The van der Waals surface area contributed by atoms with Crippen LogP contribution >= 0.6 is 15.9 Å². The Labute approximate surface area is 120 Å². The summed E-state index contributed by atoms with van der Waals surface area (Å²) in [7, 11) is -2.03. The zero-order chi connectivity index (χ0) is 13.9. The van der Waals surface area contributed by atoms with Crippen molar-refractivity contribution in [1.82, 2.24) is 4.98 Å². The lowest BCUT2D eigenvalue weighted by molar-refractivity contribution is 0.601. The van der Waals surface area contributed by atoms with Crippen molar-refractivity contribution in [2.45, 2.75) is 4.90 Å². The number of nitrogens with zero attached hydrogens (tertiary/aromatic N) is 1. The van der Waals surface area contributed by atoms with Gasteiger partial charge in [0.2, 0.25) is 0 Å². The molecule has 100 valence electrons. The summed E-state index contributed by atoms with van der Waals surface area (Å²) in [6, 6.07) is 9.96. The molecular formula is C12H12BrN3O2S. The second-order valence-electron chi connectivity index (χ2n) is 3.71. The number of benzene rings is 1. The molecule has 0 aliphatic heterocycles. The van der Waals surface area contributed by atoms with Crippen molar-refractivity contribution in [1.29, 1.82) is 0 Å². The topological polar surface area (TPSA) is 71.1 Å². The maximum atomic E-state index is 12.3. The minimum Gasteiger partial charge on any atom is -0.372 e. The molecule has 1 heterocycles. The van der Waals surface area contributed by atoms with E-state index >= 15 is 0 Å². The van der Waals surface area contributed by atoms with E-state index in [1.165, 1.54) is 12.3 Å². The number of hydrogen-bond acceptors (Lipinski definition) is 4. The van der Waals surface area contributed by atoms with Crippen LogP contribution in [0.25, 0.3) is 0 Å². The molecule has 0 saturated heterocycles. The van der Waals surface area contributed by atoms with Crippen molar-refractivity contribution in [3.8, 4) is 0 Å². The molecule has 0 amide bonds. The second-order valence-corrected chi connectivity index (χ2v) is 6.28. The van der Waals surface area contributed by atoms with Crippen molar-refractivity contribution < 1.29 is 8.42 Å². The Morgan fingerprint density at radius 1 is 1.16 bits per heavy atom. The highest BCUT2D eigenvalue weighted by Gasteiger charge is 2.18. The zero-order valence-corrected chi connectivity index (χ0v) is 12.5. The molecule has 2 N–H and O–H groups in total. The predicted octanol–water partition coefficient (Wildman–Crippen LogP) is 2.69. The summed E-state index contributed by atoms with van der Waals surface area (Å²) in [5.41, 5.74) is 0.495. The van der Waals surface area contributed by atoms with Crippen LogP contribution in [0.3, 0.4) is 0 Å². The molecule has 0 aliphatic rings. The van der Waals surface area contributed by atoms with Gasteiger partial charge in [0.15, 0.2) is 0 Å². The Bertz CT molecular complexity index is 672. The van der Waals surface area contributed by atoms with E-state index in [-0.39, 0.29) is 4.90 Å². The molecule has 7 heteroatoms. The van der Waals surface area contributed by atoms with Gasteiger partial charge in [-0.2, -0.15) is 0 Å². The zero-order valence-electron chi connectivity index (χ0n) is 10.1. The van der Waals surface area contributed by atoms with Crippen molar-refractivity contribution in [3.05, 3.63) is 47.1 Å². The van der Waals surface area contributed by atoms with Gasteiger partial charge in [0.1, 0.15) is 10.7 Å². The summed E-state index contributed by atoms with van der Waals surface area (Å²) < 4.78 is 27.9. The van der Waals surface area contributed by atoms with Crippen LogP contribution < -0.4 is 10.0 Å². The number of rotatable bonds is 4. The summed E-state index contributed by atoms with van der Waals surface area (Å²) >= 11 is 3.30. The molecule has 1 aromatic carbocycles. The lowest BCUT2D eigenvalue weighted by Crippen LogP contribution is -2.15. The van der Waals surface area contributed by atoms with E-state index in [0.717, 1.165) is 4.47 Å². The molecule has 0 unspecified atom stereocenters. The van der Waals surface area contributed by atoms with Crippen molar-refractivity contribution in [2.75, 3.05) is 17.1 Å². The predicted molar refractivity (Wildman–Crippen MR) is 78.7 cm³/mol. The van der Waals surface area contributed by atoms with Crippen molar-refractivity contribution in [3.63, 3.8) is 0 Å². The molecule has 2 aromatic rings. The standard InChI is InChI=1S/C12H12BrN3O2S/c1-14-12-11(3-2-8-15-12)19(17,18)16-10-6-4-9(13)5-7-10/h2-8,16H,1H3,(H,14,15). The molecule has 0 aliphatic carbocycles. The maximum Gasteiger partial charge on any atom is 0.265 e. The summed E-state index contributed by atoms with van der Waals surface area (Å²) in [6.45, 7) is 0. The summed E-state index contributed by atoms with van der Waals surface area (Å²) in [6.07, 6.45) is 1.53. The fourth-order valence-corrected chi connectivity index (χ4v) is 3.01. The van der Waals surface area contributed by atoms with Crippen LogP contribution in [0.5, 0.6) is 0 Å². The minimum absolute atomic E-state index is 0.111. The third kappa shape index (κ3) is 3.24. The Balaban J connectivity index is 2.35. The summed E-state index contributed by atoms with van der Waals surface area (Å²) in [5.74, 6) is 0.312. The molecule has 0 spiro atoms. The Morgan fingerprint density at radius 2 is 1.84 bits per heavy atom. The number of aromatic nitrogens is 1. The van der Waals surface area contributed by atoms with E-state index < -0.39 is 10.0 Å². The van der Waals surface area contributed by atoms with Crippen LogP contribution in [0, 0.1) is 0 Å². The van der Waals surface area contributed by atoms with Crippen LogP contribution in [-0.4, -0.2) is 20.4 Å². The highest BCUT2D eigenvalue weighted by molar-refractivity contribution is 9.10.